The van der Waals surface area contributed by atoms with Gasteiger partial charge in [-0.05, 0) is 25.2 Å². The molecule has 1 aromatic heterocycles. The molecule has 2 atom stereocenters. The minimum Gasteiger partial charge on any atom is -0.365 e. The van der Waals surface area contributed by atoms with Crippen LogP contribution in [0, 0.1) is 23.5 Å². The zero-order chi connectivity index (χ0) is 13.1. The predicted octanol–water partition coefficient (Wildman–Crippen LogP) is 3.88. The second-order valence-electron chi connectivity index (χ2n) is 5.05. The molecule has 0 radical (unpaired) electrons. The van der Waals surface area contributed by atoms with Crippen molar-refractivity contribution in [2.24, 2.45) is 5.92 Å². The lowest BCUT2D eigenvalue weighted by molar-refractivity contribution is 0.464. The SMILES string of the molecule is CC1CCCC(Nc2nc(F)c(F)cc2F)CC1. The van der Waals surface area contributed by atoms with Crippen LogP contribution in [0.1, 0.15) is 39.0 Å². The molecule has 0 aromatic carbocycles. The molecule has 1 aliphatic rings. The minimum absolute atomic E-state index is 0.0850. The van der Waals surface area contributed by atoms with Gasteiger partial charge in [0, 0.05) is 12.1 Å². The number of pyridine rings is 1. The van der Waals surface area contributed by atoms with Crippen LogP contribution in [0.15, 0.2) is 6.07 Å². The molecule has 1 aliphatic carbocycles. The Morgan fingerprint density at radius 1 is 1.11 bits per heavy atom. The summed E-state index contributed by atoms with van der Waals surface area (Å²) in [5, 5.41) is 2.88. The first kappa shape index (κ1) is 13.2. The minimum atomic E-state index is -1.26. The maximum atomic E-state index is 13.4. The maximum Gasteiger partial charge on any atom is 0.251 e. The van der Waals surface area contributed by atoms with E-state index in [1.54, 1.807) is 0 Å². The Morgan fingerprint density at radius 3 is 2.67 bits per heavy atom. The molecule has 1 heterocycles. The third-order valence-electron chi connectivity index (χ3n) is 3.48. The van der Waals surface area contributed by atoms with Crippen molar-refractivity contribution in [3.63, 3.8) is 0 Å². The van der Waals surface area contributed by atoms with Gasteiger partial charge in [0.05, 0.1) is 0 Å². The molecule has 1 aromatic rings. The molecule has 2 unspecified atom stereocenters. The molecule has 1 N–H and O–H groups in total. The molecule has 0 bridgehead atoms. The molecule has 2 rings (SSSR count). The highest BCUT2D eigenvalue weighted by Crippen LogP contribution is 2.25. The Hall–Kier alpha value is -1.26. The Labute approximate surface area is 105 Å². The number of aromatic nitrogens is 1. The standard InChI is InChI=1S/C13H17F3N2/c1-8-3-2-4-9(6-5-8)17-13-11(15)7-10(14)12(16)18-13/h7-9H,2-6H2,1H3,(H,17,18). The number of nitrogens with one attached hydrogen (secondary N) is 1. The van der Waals surface area contributed by atoms with Crippen LogP contribution in [0.3, 0.4) is 0 Å². The molecule has 5 heteroatoms. The van der Waals surface area contributed by atoms with Crippen LogP contribution in [0.2, 0.25) is 0 Å². The van der Waals surface area contributed by atoms with Gasteiger partial charge in [-0.25, -0.2) is 8.78 Å². The fourth-order valence-electron chi connectivity index (χ4n) is 2.37. The fourth-order valence-corrected chi connectivity index (χ4v) is 2.37. The third-order valence-corrected chi connectivity index (χ3v) is 3.48. The van der Waals surface area contributed by atoms with E-state index in [-0.39, 0.29) is 11.9 Å². The van der Waals surface area contributed by atoms with Crippen molar-refractivity contribution in [3.05, 3.63) is 23.6 Å². The van der Waals surface area contributed by atoms with E-state index in [0.29, 0.717) is 12.0 Å². The molecule has 0 amide bonds. The second-order valence-corrected chi connectivity index (χ2v) is 5.05. The first-order valence-electron chi connectivity index (χ1n) is 6.34. The average Bonchev–Trinajstić information content (AvgIpc) is 2.51. The van der Waals surface area contributed by atoms with E-state index in [9.17, 15) is 13.2 Å². The van der Waals surface area contributed by atoms with E-state index in [4.69, 9.17) is 0 Å². The number of hydrogen-bond donors (Lipinski definition) is 1. The van der Waals surface area contributed by atoms with Gasteiger partial charge in [-0.2, -0.15) is 9.37 Å². The van der Waals surface area contributed by atoms with Gasteiger partial charge in [0.25, 0.3) is 5.95 Å². The number of hydrogen-bond acceptors (Lipinski definition) is 2. The summed E-state index contributed by atoms with van der Waals surface area (Å²) in [6, 6.07) is 0.617. The summed E-state index contributed by atoms with van der Waals surface area (Å²) in [6.45, 7) is 2.19. The first-order chi connectivity index (χ1) is 8.56. The highest BCUT2D eigenvalue weighted by atomic mass is 19.2. The fraction of sp³-hybridized carbons (Fsp3) is 0.615. The van der Waals surface area contributed by atoms with Gasteiger partial charge in [-0.3, -0.25) is 0 Å². The smallest absolute Gasteiger partial charge is 0.251 e. The van der Waals surface area contributed by atoms with E-state index in [1.165, 1.54) is 0 Å². The van der Waals surface area contributed by atoms with Crippen LogP contribution >= 0.6 is 0 Å². The monoisotopic (exact) mass is 258 g/mol. The Bertz CT molecular complexity index is 423. The first-order valence-corrected chi connectivity index (χ1v) is 6.34. The summed E-state index contributed by atoms with van der Waals surface area (Å²) >= 11 is 0. The van der Waals surface area contributed by atoms with Gasteiger partial charge >= 0.3 is 0 Å². The highest BCUT2D eigenvalue weighted by Gasteiger charge is 2.19. The second kappa shape index (κ2) is 5.59. The normalized spacial score (nSPS) is 24.7. The number of nitrogens with zero attached hydrogens (tertiary/aromatic N) is 1. The summed E-state index contributed by atoms with van der Waals surface area (Å²) in [5.41, 5.74) is 0. The van der Waals surface area contributed by atoms with E-state index in [0.717, 1.165) is 32.1 Å². The molecule has 0 saturated heterocycles. The zero-order valence-electron chi connectivity index (χ0n) is 10.3. The largest absolute Gasteiger partial charge is 0.365 e. The Balaban J connectivity index is 2.06. The lowest BCUT2D eigenvalue weighted by Crippen LogP contribution is -2.20. The third kappa shape index (κ3) is 3.15. The molecule has 1 saturated carbocycles. The number of rotatable bonds is 2. The molecule has 18 heavy (non-hydrogen) atoms. The van der Waals surface area contributed by atoms with Crippen LogP contribution in [-0.4, -0.2) is 11.0 Å². The van der Waals surface area contributed by atoms with Crippen LogP contribution in [0.5, 0.6) is 0 Å². The predicted molar refractivity (Wildman–Crippen MR) is 63.8 cm³/mol. The van der Waals surface area contributed by atoms with Gasteiger partial charge in [0.15, 0.2) is 17.5 Å². The molecular formula is C13H17F3N2. The molecule has 2 nitrogen and oxygen atoms in total. The van der Waals surface area contributed by atoms with Crippen molar-refractivity contribution in [3.8, 4) is 0 Å². The Morgan fingerprint density at radius 2 is 1.89 bits per heavy atom. The van der Waals surface area contributed by atoms with Crippen molar-refractivity contribution in [2.45, 2.75) is 45.1 Å². The summed E-state index contributed by atoms with van der Waals surface area (Å²) < 4.78 is 39.1. The lowest BCUT2D eigenvalue weighted by Gasteiger charge is -2.17. The van der Waals surface area contributed by atoms with Gasteiger partial charge < -0.3 is 5.32 Å². The highest BCUT2D eigenvalue weighted by molar-refractivity contribution is 5.37. The molecule has 0 spiro atoms. The van der Waals surface area contributed by atoms with Crippen LogP contribution in [-0.2, 0) is 0 Å². The molecular weight excluding hydrogens is 241 g/mol. The van der Waals surface area contributed by atoms with Crippen LogP contribution in [0.4, 0.5) is 19.0 Å². The quantitative estimate of drug-likeness (QED) is 0.643. The zero-order valence-corrected chi connectivity index (χ0v) is 10.3. The summed E-state index contributed by atoms with van der Waals surface area (Å²) in [5.74, 6) is -2.88. The van der Waals surface area contributed by atoms with Crippen molar-refractivity contribution < 1.29 is 13.2 Å². The Kier molecular flexibility index (Phi) is 4.09. The lowest BCUT2D eigenvalue weighted by atomic mass is 10.0. The summed E-state index contributed by atoms with van der Waals surface area (Å²) in [7, 11) is 0. The van der Waals surface area contributed by atoms with E-state index in [1.807, 2.05) is 0 Å². The van der Waals surface area contributed by atoms with Gasteiger partial charge in [0.2, 0.25) is 0 Å². The van der Waals surface area contributed by atoms with Gasteiger partial charge in [0.1, 0.15) is 0 Å². The molecule has 1 fully saturated rings. The van der Waals surface area contributed by atoms with E-state index in [2.05, 4.69) is 17.2 Å². The van der Waals surface area contributed by atoms with E-state index >= 15 is 0 Å². The van der Waals surface area contributed by atoms with Crippen molar-refractivity contribution >= 4 is 5.82 Å². The molecule has 100 valence electrons. The van der Waals surface area contributed by atoms with Gasteiger partial charge in [-0.15, -0.1) is 0 Å². The van der Waals surface area contributed by atoms with E-state index < -0.39 is 17.6 Å². The topological polar surface area (TPSA) is 24.9 Å². The van der Waals surface area contributed by atoms with Gasteiger partial charge in [-0.1, -0.05) is 19.8 Å². The molecule has 0 aliphatic heterocycles. The van der Waals surface area contributed by atoms with Crippen molar-refractivity contribution in [1.29, 1.82) is 0 Å². The number of anilines is 1. The van der Waals surface area contributed by atoms with Crippen LogP contribution in [0.25, 0.3) is 0 Å². The van der Waals surface area contributed by atoms with Crippen molar-refractivity contribution in [1.82, 2.24) is 4.98 Å². The maximum absolute atomic E-state index is 13.4. The summed E-state index contributed by atoms with van der Waals surface area (Å²) in [4.78, 5) is 3.29. The van der Waals surface area contributed by atoms with Crippen LogP contribution < -0.4 is 5.32 Å². The number of halogens is 3. The average molecular weight is 258 g/mol. The summed E-state index contributed by atoms with van der Waals surface area (Å²) in [6.07, 6.45) is 5.09. The van der Waals surface area contributed by atoms with Crippen molar-refractivity contribution in [2.75, 3.05) is 5.32 Å².